The molecule has 0 amide bonds. The predicted molar refractivity (Wildman–Crippen MR) is 92.3 cm³/mol. The summed E-state index contributed by atoms with van der Waals surface area (Å²) >= 11 is 5.73. The molecule has 0 bridgehead atoms. The van der Waals surface area contributed by atoms with Crippen LogP contribution in [0.4, 0.5) is 13.2 Å². The zero-order valence-corrected chi connectivity index (χ0v) is 15.2. The smallest absolute Gasteiger partial charge is 0.284 e. The first-order valence-electron chi connectivity index (χ1n) is 7.33. The topological polar surface area (TPSA) is 74.0 Å². The number of alkyl halides is 3. The Morgan fingerprint density at radius 1 is 1.07 bits per heavy atom. The molecule has 1 aromatic carbocycles. The maximum atomic E-state index is 13.4. The normalized spacial score (nSPS) is 12.3. The van der Waals surface area contributed by atoms with Gasteiger partial charge in [-0.3, -0.25) is 9.36 Å². The van der Waals surface area contributed by atoms with Gasteiger partial charge < -0.3 is 0 Å². The average Bonchev–Trinajstić information content (AvgIpc) is 3.01. The van der Waals surface area contributed by atoms with Gasteiger partial charge in [0.05, 0.1) is 11.9 Å². The summed E-state index contributed by atoms with van der Waals surface area (Å²) < 4.78 is 65.3. The molecule has 6 nitrogen and oxygen atoms in total. The van der Waals surface area contributed by atoms with Gasteiger partial charge in [-0.05, 0) is 30.3 Å². The Morgan fingerprint density at radius 2 is 1.67 bits per heavy atom. The second-order valence-corrected chi connectivity index (χ2v) is 8.03. The molecule has 0 radical (unpaired) electrons. The molecule has 2 aromatic heterocycles. The van der Waals surface area contributed by atoms with Crippen LogP contribution in [-0.4, -0.2) is 29.0 Å². The van der Waals surface area contributed by atoms with E-state index in [9.17, 15) is 26.4 Å². The third kappa shape index (κ3) is 3.76. The minimum Gasteiger partial charge on any atom is -0.284 e. The van der Waals surface area contributed by atoms with Gasteiger partial charge in [0.15, 0.2) is 15.5 Å². The van der Waals surface area contributed by atoms with Gasteiger partial charge in [-0.1, -0.05) is 11.6 Å². The molecule has 0 saturated heterocycles. The first-order valence-corrected chi connectivity index (χ1v) is 9.60. The van der Waals surface area contributed by atoms with Crippen molar-refractivity contribution in [1.29, 1.82) is 0 Å². The van der Waals surface area contributed by atoms with Crippen molar-refractivity contribution in [3.05, 3.63) is 69.9 Å². The number of hydrogen-bond donors (Lipinski definition) is 0. The van der Waals surface area contributed by atoms with Gasteiger partial charge in [0, 0.05) is 29.2 Å². The minimum absolute atomic E-state index is 0.0111. The average molecular weight is 418 g/mol. The van der Waals surface area contributed by atoms with Crippen LogP contribution in [0.15, 0.2) is 58.5 Å². The molecule has 3 aromatic rings. The largest absolute Gasteiger partial charge is 0.434 e. The predicted octanol–water partition coefficient (Wildman–Crippen LogP) is 3.10. The Morgan fingerprint density at radius 3 is 2.19 bits per heavy atom. The fourth-order valence-corrected chi connectivity index (χ4v) is 3.42. The van der Waals surface area contributed by atoms with E-state index in [1.807, 2.05) is 0 Å². The van der Waals surface area contributed by atoms with Crippen LogP contribution in [0.2, 0.25) is 5.02 Å². The van der Waals surface area contributed by atoms with Crippen LogP contribution in [0.3, 0.4) is 0 Å². The number of aromatic nitrogens is 3. The molecule has 142 valence electrons. The molecular weight excluding hydrogens is 407 g/mol. The molecule has 27 heavy (non-hydrogen) atoms. The zero-order chi connectivity index (χ0) is 20.0. The molecule has 0 unspecified atom stereocenters. The Labute approximate surface area is 156 Å². The summed E-state index contributed by atoms with van der Waals surface area (Å²) in [5.41, 5.74) is -1.42. The molecule has 0 fully saturated rings. The van der Waals surface area contributed by atoms with Gasteiger partial charge in [-0.2, -0.15) is 18.3 Å². The number of nitrogens with zero attached hydrogens (tertiary/aromatic N) is 3. The fraction of sp³-hybridized carbons (Fsp3) is 0.125. The highest BCUT2D eigenvalue weighted by molar-refractivity contribution is 7.90. The summed E-state index contributed by atoms with van der Waals surface area (Å²) in [5, 5.41) is 3.84. The van der Waals surface area contributed by atoms with Crippen LogP contribution in [0, 0.1) is 0 Å². The van der Waals surface area contributed by atoms with Crippen LogP contribution in [-0.2, 0) is 16.0 Å². The molecule has 3 rings (SSSR count). The van der Waals surface area contributed by atoms with E-state index < -0.39 is 32.2 Å². The molecule has 2 heterocycles. The van der Waals surface area contributed by atoms with Crippen LogP contribution in [0.25, 0.3) is 11.4 Å². The van der Waals surface area contributed by atoms with Crippen LogP contribution < -0.4 is 5.56 Å². The van der Waals surface area contributed by atoms with Crippen molar-refractivity contribution >= 4 is 21.4 Å². The number of rotatable bonds is 3. The van der Waals surface area contributed by atoms with E-state index in [4.69, 9.17) is 11.6 Å². The van der Waals surface area contributed by atoms with Crippen molar-refractivity contribution in [3.63, 3.8) is 0 Å². The summed E-state index contributed by atoms with van der Waals surface area (Å²) in [4.78, 5) is 11.0. The van der Waals surface area contributed by atoms with E-state index in [1.54, 1.807) is 0 Å². The molecular formula is C16H11ClF3N3O3S. The van der Waals surface area contributed by atoms with E-state index in [2.05, 4.69) is 5.10 Å². The minimum atomic E-state index is -4.93. The quantitative estimate of drug-likeness (QED) is 0.656. The van der Waals surface area contributed by atoms with Crippen LogP contribution in [0.5, 0.6) is 0 Å². The number of hydrogen-bond acceptors (Lipinski definition) is 4. The van der Waals surface area contributed by atoms with Crippen molar-refractivity contribution in [2.75, 3.05) is 6.26 Å². The van der Waals surface area contributed by atoms with Gasteiger partial charge >= 0.3 is 6.18 Å². The Balaban J connectivity index is 2.11. The first-order chi connectivity index (χ1) is 12.5. The van der Waals surface area contributed by atoms with Crippen LogP contribution in [0.1, 0.15) is 5.69 Å². The fourth-order valence-electron chi connectivity index (χ4n) is 2.48. The third-order valence-electron chi connectivity index (χ3n) is 3.66. The monoisotopic (exact) mass is 417 g/mol. The second-order valence-electron chi connectivity index (χ2n) is 5.61. The van der Waals surface area contributed by atoms with Gasteiger partial charge in [0.2, 0.25) is 0 Å². The van der Waals surface area contributed by atoms with E-state index >= 15 is 0 Å². The molecule has 0 aliphatic carbocycles. The van der Waals surface area contributed by atoms with Crippen molar-refractivity contribution in [1.82, 2.24) is 14.3 Å². The van der Waals surface area contributed by atoms with E-state index in [0.29, 0.717) is 22.8 Å². The molecule has 0 aliphatic heterocycles. The lowest BCUT2D eigenvalue weighted by Crippen LogP contribution is -2.18. The number of benzene rings is 1. The first kappa shape index (κ1) is 19.2. The summed E-state index contributed by atoms with van der Waals surface area (Å²) in [6, 6.07) is 8.10. The number of halogens is 4. The molecule has 0 N–H and O–H groups in total. The lowest BCUT2D eigenvalue weighted by molar-refractivity contribution is -0.145. The summed E-state index contributed by atoms with van der Waals surface area (Å²) in [6.45, 7) is 0. The second kappa shape index (κ2) is 6.54. The highest BCUT2D eigenvalue weighted by atomic mass is 35.5. The van der Waals surface area contributed by atoms with E-state index in [1.165, 1.54) is 47.2 Å². The Bertz CT molecular complexity index is 1170. The number of sulfone groups is 1. The molecule has 0 saturated carbocycles. The Hall–Kier alpha value is -2.59. The SMILES string of the molecule is CS(=O)(=O)c1cnn(-c2ccc(-n3ccc(Cl)cc3=O)cc2)c1C(F)(F)F. The maximum Gasteiger partial charge on any atom is 0.434 e. The molecule has 11 heteroatoms. The zero-order valence-electron chi connectivity index (χ0n) is 13.6. The van der Waals surface area contributed by atoms with E-state index in [0.717, 1.165) is 0 Å². The lowest BCUT2D eigenvalue weighted by Gasteiger charge is -2.13. The van der Waals surface area contributed by atoms with Crippen molar-refractivity contribution in [2.45, 2.75) is 11.1 Å². The summed E-state index contributed by atoms with van der Waals surface area (Å²) in [5.74, 6) is 0. The molecule has 0 spiro atoms. The molecule has 0 atom stereocenters. The van der Waals surface area contributed by atoms with Crippen molar-refractivity contribution < 1.29 is 21.6 Å². The van der Waals surface area contributed by atoms with Crippen LogP contribution >= 0.6 is 11.6 Å². The maximum absolute atomic E-state index is 13.4. The summed E-state index contributed by atoms with van der Waals surface area (Å²) in [7, 11) is -4.13. The highest BCUT2D eigenvalue weighted by Gasteiger charge is 2.41. The number of pyridine rings is 1. The Kier molecular flexibility index (Phi) is 4.64. The summed E-state index contributed by atoms with van der Waals surface area (Å²) in [6.07, 6.45) is -2.16. The van der Waals surface area contributed by atoms with Crippen molar-refractivity contribution in [2.24, 2.45) is 0 Å². The lowest BCUT2D eigenvalue weighted by atomic mass is 10.2. The van der Waals surface area contributed by atoms with Gasteiger partial charge in [-0.25, -0.2) is 13.1 Å². The van der Waals surface area contributed by atoms with Gasteiger partial charge in [-0.15, -0.1) is 0 Å². The standard InChI is InChI=1S/C16H11ClF3N3O3S/c1-27(25,26)13-9-21-23(15(13)16(18,19)20)12-4-2-11(3-5-12)22-7-6-10(17)8-14(22)24/h2-9H,1H3. The third-order valence-corrected chi connectivity index (χ3v) is 4.99. The highest BCUT2D eigenvalue weighted by Crippen LogP contribution is 2.35. The van der Waals surface area contributed by atoms with Crippen molar-refractivity contribution in [3.8, 4) is 11.4 Å². The van der Waals surface area contributed by atoms with Gasteiger partial charge in [0.1, 0.15) is 4.90 Å². The molecule has 0 aliphatic rings. The van der Waals surface area contributed by atoms with Gasteiger partial charge in [0.25, 0.3) is 5.56 Å². The van der Waals surface area contributed by atoms with E-state index in [-0.39, 0.29) is 10.7 Å².